The third-order valence-electron chi connectivity index (χ3n) is 4.49. The van der Waals surface area contributed by atoms with E-state index in [9.17, 15) is 0 Å². The van der Waals surface area contributed by atoms with Crippen molar-refractivity contribution in [3.63, 3.8) is 0 Å². The van der Waals surface area contributed by atoms with Crippen LogP contribution < -0.4 is 10.6 Å². The van der Waals surface area contributed by atoms with Gasteiger partial charge in [0, 0.05) is 32.6 Å². The molecule has 0 radical (unpaired) electrons. The molecule has 0 aliphatic carbocycles. The minimum absolute atomic E-state index is 0. The summed E-state index contributed by atoms with van der Waals surface area (Å²) in [6.07, 6.45) is 3.59. The molecule has 0 saturated carbocycles. The number of hydrogen-bond acceptors (Lipinski definition) is 3. The number of guanidine groups is 1. The van der Waals surface area contributed by atoms with Crippen molar-refractivity contribution in [2.24, 2.45) is 4.99 Å². The Balaban J connectivity index is 0.00000280. The van der Waals surface area contributed by atoms with Gasteiger partial charge in [0.05, 0.1) is 0 Å². The third kappa shape index (κ3) is 6.19. The second kappa shape index (κ2) is 11.6. The minimum atomic E-state index is 0. The van der Waals surface area contributed by atoms with Gasteiger partial charge >= 0.3 is 0 Å². The predicted molar refractivity (Wildman–Crippen MR) is 126 cm³/mol. The molecule has 2 N–H and O–H groups in total. The van der Waals surface area contributed by atoms with Gasteiger partial charge in [0.15, 0.2) is 5.96 Å². The van der Waals surface area contributed by atoms with Crippen molar-refractivity contribution in [2.45, 2.75) is 33.2 Å². The van der Waals surface area contributed by atoms with Crippen molar-refractivity contribution < 1.29 is 0 Å². The number of nitrogens with one attached hydrogen (secondary N) is 2. The van der Waals surface area contributed by atoms with Crippen LogP contribution in [0.3, 0.4) is 0 Å². The van der Waals surface area contributed by atoms with E-state index in [0.29, 0.717) is 0 Å². The van der Waals surface area contributed by atoms with E-state index in [1.54, 1.807) is 6.33 Å². The highest BCUT2D eigenvalue weighted by Gasteiger charge is 2.02. The molecule has 0 saturated heterocycles. The second-order valence-electron chi connectivity index (χ2n) is 6.41. The summed E-state index contributed by atoms with van der Waals surface area (Å²) in [5.74, 6) is 1.86. The topological polar surface area (TPSA) is 67.1 Å². The quantitative estimate of drug-likeness (QED) is 0.288. The average molecular weight is 492 g/mol. The van der Waals surface area contributed by atoms with Gasteiger partial charge in [0.25, 0.3) is 0 Å². The van der Waals surface area contributed by atoms with Crippen LogP contribution in [0.2, 0.25) is 0 Å². The van der Waals surface area contributed by atoms with Gasteiger partial charge in [-0.2, -0.15) is 0 Å². The van der Waals surface area contributed by atoms with Crippen LogP contribution in [0.1, 0.15) is 25.2 Å². The predicted octanol–water partition coefficient (Wildman–Crippen LogP) is 3.41. The Bertz CT molecular complexity index is 889. The Labute approximate surface area is 183 Å². The number of fused-ring (bicyclic) bond motifs is 1. The Morgan fingerprint density at radius 1 is 1.07 bits per heavy atom. The van der Waals surface area contributed by atoms with Gasteiger partial charge in [-0.1, -0.05) is 49.4 Å². The standard InChI is InChI=1S/C21H28N6.HI/c1-3-20-26-25-16-27(20)14-13-24-21(22-4-2)23-12-11-17-9-10-18-7-5-6-8-19(18)15-17;/h5-10,15-16H,3-4,11-14H2,1-2H3,(H2,22,23,24);1H. The van der Waals surface area contributed by atoms with E-state index in [0.717, 1.165) is 50.8 Å². The summed E-state index contributed by atoms with van der Waals surface area (Å²) in [6.45, 7) is 7.37. The molecule has 6 nitrogen and oxygen atoms in total. The normalized spacial score (nSPS) is 11.3. The number of hydrogen-bond donors (Lipinski definition) is 2. The Kier molecular flexibility index (Phi) is 9.19. The van der Waals surface area contributed by atoms with Crippen LogP contribution in [0.15, 0.2) is 53.8 Å². The fraction of sp³-hybridized carbons (Fsp3) is 0.381. The molecule has 3 aromatic rings. The highest BCUT2D eigenvalue weighted by Crippen LogP contribution is 2.15. The average Bonchev–Trinajstić information content (AvgIpc) is 3.15. The van der Waals surface area contributed by atoms with Gasteiger partial charge in [-0.25, -0.2) is 0 Å². The maximum absolute atomic E-state index is 4.70. The highest BCUT2D eigenvalue weighted by molar-refractivity contribution is 14.0. The summed E-state index contributed by atoms with van der Waals surface area (Å²) < 4.78 is 2.08. The minimum Gasteiger partial charge on any atom is -0.357 e. The summed E-state index contributed by atoms with van der Waals surface area (Å²) >= 11 is 0. The first-order chi connectivity index (χ1) is 13.3. The molecular formula is C21H29IN6. The Morgan fingerprint density at radius 3 is 2.68 bits per heavy atom. The summed E-state index contributed by atoms with van der Waals surface area (Å²) in [5.41, 5.74) is 1.31. The summed E-state index contributed by atoms with van der Waals surface area (Å²) in [5, 5.41) is 17.3. The van der Waals surface area contributed by atoms with Gasteiger partial charge in [-0.3, -0.25) is 4.99 Å². The first-order valence-corrected chi connectivity index (χ1v) is 9.66. The molecule has 1 heterocycles. The van der Waals surface area contributed by atoms with Crippen molar-refractivity contribution in [1.29, 1.82) is 0 Å². The highest BCUT2D eigenvalue weighted by atomic mass is 127. The molecule has 0 amide bonds. The zero-order valence-electron chi connectivity index (χ0n) is 16.6. The first kappa shape index (κ1) is 22.1. The SMILES string of the molecule is CCNC(=NCCc1ccc2ccccc2c1)NCCn1cnnc1CC.I. The number of aliphatic imine (C=N–C) groups is 1. The van der Waals surface area contributed by atoms with Gasteiger partial charge in [0.1, 0.15) is 12.2 Å². The number of benzene rings is 2. The summed E-state index contributed by atoms with van der Waals surface area (Å²) in [7, 11) is 0. The molecule has 0 fully saturated rings. The summed E-state index contributed by atoms with van der Waals surface area (Å²) in [4.78, 5) is 4.70. The van der Waals surface area contributed by atoms with Crippen molar-refractivity contribution >= 4 is 40.7 Å². The van der Waals surface area contributed by atoms with E-state index in [1.165, 1.54) is 16.3 Å². The molecule has 150 valence electrons. The van der Waals surface area contributed by atoms with Crippen LogP contribution in [0.5, 0.6) is 0 Å². The van der Waals surface area contributed by atoms with Gasteiger partial charge in [-0.05, 0) is 29.7 Å². The van der Waals surface area contributed by atoms with Crippen LogP contribution in [0.4, 0.5) is 0 Å². The Hall–Kier alpha value is -2.16. The number of aryl methyl sites for hydroxylation is 1. The van der Waals surface area contributed by atoms with Crippen molar-refractivity contribution in [2.75, 3.05) is 19.6 Å². The molecular weight excluding hydrogens is 463 g/mol. The number of halogens is 1. The summed E-state index contributed by atoms with van der Waals surface area (Å²) in [6, 6.07) is 15.1. The lowest BCUT2D eigenvalue weighted by molar-refractivity contribution is 0.632. The van der Waals surface area contributed by atoms with Crippen molar-refractivity contribution in [3.8, 4) is 0 Å². The number of aromatic nitrogens is 3. The fourth-order valence-electron chi connectivity index (χ4n) is 3.07. The fourth-order valence-corrected chi connectivity index (χ4v) is 3.07. The molecule has 0 atom stereocenters. The van der Waals surface area contributed by atoms with Crippen LogP contribution in [-0.4, -0.2) is 40.4 Å². The van der Waals surface area contributed by atoms with Crippen LogP contribution >= 0.6 is 24.0 Å². The van der Waals surface area contributed by atoms with Crippen LogP contribution in [0, 0.1) is 0 Å². The van der Waals surface area contributed by atoms with Crippen LogP contribution in [0.25, 0.3) is 10.8 Å². The largest absolute Gasteiger partial charge is 0.357 e. The van der Waals surface area contributed by atoms with E-state index < -0.39 is 0 Å². The molecule has 3 rings (SSSR count). The molecule has 0 unspecified atom stereocenters. The smallest absolute Gasteiger partial charge is 0.191 e. The molecule has 0 spiro atoms. The third-order valence-corrected chi connectivity index (χ3v) is 4.49. The van der Waals surface area contributed by atoms with Crippen molar-refractivity contribution in [3.05, 3.63) is 60.2 Å². The van der Waals surface area contributed by atoms with E-state index >= 15 is 0 Å². The first-order valence-electron chi connectivity index (χ1n) is 9.66. The van der Waals surface area contributed by atoms with Crippen LogP contribution in [-0.2, 0) is 19.4 Å². The Morgan fingerprint density at radius 2 is 1.89 bits per heavy atom. The zero-order chi connectivity index (χ0) is 18.9. The molecule has 1 aromatic heterocycles. The zero-order valence-corrected chi connectivity index (χ0v) is 18.9. The maximum Gasteiger partial charge on any atom is 0.191 e. The molecule has 2 aromatic carbocycles. The van der Waals surface area contributed by atoms with Gasteiger partial charge in [0.2, 0.25) is 0 Å². The lowest BCUT2D eigenvalue weighted by Gasteiger charge is -2.12. The molecule has 7 heteroatoms. The molecule has 28 heavy (non-hydrogen) atoms. The van der Waals surface area contributed by atoms with E-state index in [1.807, 2.05) is 0 Å². The van der Waals surface area contributed by atoms with E-state index in [-0.39, 0.29) is 24.0 Å². The van der Waals surface area contributed by atoms with Gasteiger partial charge in [-0.15, -0.1) is 34.2 Å². The van der Waals surface area contributed by atoms with Gasteiger partial charge < -0.3 is 15.2 Å². The lowest BCUT2D eigenvalue weighted by atomic mass is 10.1. The number of rotatable bonds is 8. The molecule has 0 aliphatic heterocycles. The maximum atomic E-state index is 4.70. The van der Waals surface area contributed by atoms with E-state index in [4.69, 9.17) is 4.99 Å². The lowest BCUT2D eigenvalue weighted by Crippen LogP contribution is -2.39. The van der Waals surface area contributed by atoms with E-state index in [2.05, 4.69) is 81.7 Å². The molecule has 0 bridgehead atoms. The second-order valence-corrected chi connectivity index (χ2v) is 6.41. The molecule has 0 aliphatic rings. The van der Waals surface area contributed by atoms with Crippen molar-refractivity contribution in [1.82, 2.24) is 25.4 Å². The monoisotopic (exact) mass is 492 g/mol. The number of nitrogens with zero attached hydrogens (tertiary/aromatic N) is 4.